The fourth-order valence-electron chi connectivity index (χ4n) is 4.17. The molecule has 5 rings (SSSR count). The summed E-state index contributed by atoms with van der Waals surface area (Å²) in [6.45, 7) is 1.81. The van der Waals surface area contributed by atoms with Crippen molar-refractivity contribution >= 4 is 34.0 Å². The minimum atomic E-state index is 0.137. The van der Waals surface area contributed by atoms with Crippen LogP contribution in [0.15, 0.2) is 54.0 Å². The lowest BCUT2D eigenvalue weighted by molar-refractivity contribution is -0.121. The molecule has 7 heteroatoms. The molecule has 154 valence electrons. The molecule has 0 unspecified atom stereocenters. The molecule has 1 saturated heterocycles. The summed E-state index contributed by atoms with van der Waals surface area (Å²) in [5.41, 5.74) is 3.39. The molecule has 1 aliphatic rings. The van der Waals surface area contributed by atoms with Gasteiger partial charge in [-0.15, -0.1) is 11.3 Å². The molecule has 0 atom stereocenters. The number of aromatic amines is 2. The Balaban J connectivity index is 1.10. The van der Waals surface area contributed by atoms with Crippen LogP contribution in [0.1, 0.15) is 24.8 Å². The number of thiophene rings is 1. The van der Waals surface area contributed by atoms with Crippen molar-refractivity contribution in [3.8, 4) is 10.6 Å². The third kappa shape index (κ3) is 3.98. The summed E-state index contributed by atoms with van der Waals surface area (Å²) >= 11 is 1.71. The van der Waals surface area contributed by atoms with Gasteiger partial charge in [0.25, 0.3) is 0 Å². The summed E-state index contributed by atoms with van der Waals surface area (Å²) in [4.78, 5) is 19.3. The molecule has 1 amide bonds. The van der Waals surface area contributed by atoms with E-state index in [0.29, 0.717) is 6.42 Å². The highest BCUT2D eigenvalue weighted by Gasteiger charge is 2.22. The van der Waals surface area contributed by atoms with Gasteiger partial charge < -0.3 is 15.2 Å². The number of hydrogen-bond acceptors (Lipinski definition) is 4. The van der Waals surface area contributed by atoms with Crippen LogP contribution in [-0.4, -0.2) is 40.2 Å². The number of nitrogens with one attached hydrogen (secondary N) is 3. The average molecular weight is 420 g/mol. The molecule has 0 bridgehead atoms. The molecular weight excluding hydrogens is 394 g/mol. The Hall–Kier alpha value is -3.06. The van der Waals surface area contributed by atoms with Crippen LogP contribution in [0.2, 0.25) is 0 Å². The number of rotatable bonds is 6. The zero-order chi connectivity index (χ0) is 20.3. The summed E-state index contributed by atoms with van der Waals surface area (Å²) in [5.74, 6) is 1.13. The second-order valence-corrected chi connectivity index (χ2v) is 8.75. The van der Waals surface area contributed by atoms with Crippen molar-refractivity contribution in [3.63, 3.8) is 0 Å². The Morgan fingerprint density at radius 2 is 2.07 bits per heavy atom. The van der Waals surface area contributed by atoms with Crippen LogP contribution in [0, 0.1) is 0 Å². The van der Waals surface area contributed by atoms with Gasteiger partial charge in [0.05, 0.1) is 10.6 Å². The van der Waals surface area contributed by atoms with E-state index in [0.717, 1.165) is 49.4 Å². The van der Waals surface area contributed by atoms with Gasteiger partial charge >= 0.3 is 0 Å². The van der Waals surface area contributed by atoms with Crippen LogP contribution in [-0.2, 0) is 11.2 Å². The number of aryl methyl sites for hydroxylation is 1. The molecule has 3 N–H and O–H groups in total. The Morgan fingerprint density at radius 3 is 2.90 bits per heavy atom. The molecule has 4 heterocycles. The van der Waals surface area contributed by atoms with Gasteiger partial charge in [0.2, 0.25) is 5.91 Å². The molecule has 0 saturated carbocycles. The zero-order valence-electron chi connectivity index (χ0n) is 16.7. The first-order chi connectivity index (χ1) is 14.8. The third-order valence-corrected chi connectivity index (χ3v) is 6.73. The fraction of sp³-hybridized carbons (Fsp3) is 0.304. The average Bonchev–Trinajstić information content (AvgIpc) is 3.53. The number of aromatic nitrogens is 3. The van der Waals surface area contributed by atoms with Crippen molar-refractivity contribution in [2.75, 3.05) is 18.0 Å². The van der Waals surface area contributed by atoms with Crippen molar-refractivity contribution in [2.24, 2.45) is 0 Å². The maximum absolute atomic E-state index is 12.5. The standard InChI is InChI=1S/C23H25N5OS/c29-23(8-7-16-15-24-19-5-2-1-4-18(16)19)25-17-9-11-28(12-10-17)22-14-20(26-27-22)21-6-3-13-30-21/h1-6,13-15,17,24H,7-12H2,(H,25,29)(H,26,27). The summed E-state index contributed by atoms with van der Waals surface area (Å²) in [7, 11) is 0. The highest BCUT2D eigenvalue weighted by molar-refractivity contribution is 7.13. The highest BCUT2D eigenvalue weighted by atomic mass is 32.1. The molecular formula is C23H25N5OS. The lowest BCUT2D eigenvalue weighted by Gasteiger charge is -2.32. The second kappa shape index (κ2) is 8.36. The van der Waals surface area contributed by atoms with Crippen molar-refractivity contribution in [3.05, 3.63) is 59.6 Å². The largest absolute Gasteiger partial charge is 0.361 e. The molecule has 30 heavy (non-hydrogen) atoms. The third-order valence-electron chi connectivity index (χ3n) is 5.83. The summed E-state index contributed by atoms with van der Waals surface area (Å²) < 4.78 is 0. The number of para-hydroxylation sites is 1. The van der Waals surface area contributed by atoms with Gasteiger partial charge in [-0.3, -0.25) is 9.89 Å². The smallest absolute Gasteiger partial charge is 0.220 e. The van der Waals surface area contributed by atoms with Gasteiger partial charge in [-0.25, -0.2) is 0 Å². The van der Waals surface area contributed by atoms with E-state index in [1.807, 2.05) is 24.4 Å². The first kappa shape index (κ1) is 18.9. The molecule has 0 radical (unpaired) electrons. The number of benzene rings is 1. The molecule has 1 aromatic carbocycles. The Bertz CT molecular complexity index is 1120. The van der Waals surface area contributed by atoms with Gasteiger partial charge in [-0.1, -0.05) is 24.3 Å². The molecule has 0 aliphatic carbocycles. The number of anilines is 1. The van der Waals surface area contributed by atoms with E-state index in [4.69, 9.17) is 0 Å². The van der Waals surface area contributed by atoms with Gasteiger partial charge in [0.1, 0.15) is 0 Å². The van der Waals surface area contributed by atoms with Crippen LogP contribution in [0.5, 0.6) is 0 Å². The van der Waals surface area contributed by atoms with E-state index in [9.17, 15) is 4.79 Å². The van der Waals surface area contributed by atoms with Crippen LogP contribution in [0.25, 0.3) is 21.5 Å². The minimum Gasteiger partial charge on any atom is -0.361 e. The van der Waals surface area contributed by atoms with E-state index in [-0.39, 0.29) is 11.9 Å². The molecule has 1 fully saturated rings. The predicted molar refractivity (Wildman–Crippen MR) is 122 cm³/mol. The van der Waals surface area contributed by atoms with Crippen molar-refractivity contribution < 1.29 is 4.79 Å². The number of carbonyl (C=O) groups excluding carboxylic acids is 1. The zero-order valence-corrected chi connectivity index (χ0v) is 17.5. The van der Waals surface area contributed by atoms with E-state index < -0.39 is 0 Å². The molecule has 3 aromatic heterocycles. The monoisotopic (exact) mass is 419 g/mol. The molecule has 0 spiro atoms. The highest BCUT2D eigenvalue weighted by Crippen LogP contribution is 2.27. The number of H-pyrrole nitrogens is 2. The van der Waals surface area contributed by atoms with Gasteiger partial charge in [0, 0.05) is 48.7 Å². The van der Waals surface area contributed by atoms with Gasteiger partial charge in [-0.05, 0) is 42.3 Å². The van der Waals surface area contributed by atoms with Crippen LogP contribution < -0.4 is 10.2 Å². The molecule has 6 nitrogen and oxygen atoms in total. The van der Waals surface area contributed by atoms with Crippen molar-refractivity contribution in [1.82, 2.24) is 20.5 Å². The SMILES string of the molecule is O=C(CCc1c[nH]c2ccccc12)NC1CCN(c2cc(-c3cccs3)[nH]n2)CC1. The lowest BCUT2D eigenvalue weighted by Crippen LogP contribution is -2.44. The van der Waals surface area contributed by atoms with E-state index >= 15 is 0 Å². The number of fused-ring (bicyclic) bond motifs is 1. The lowest BCUT2D eigenvalue weighted by atomic mass is 10.0. The number of hydrogen-bond donors (Lipinski definition) is 3. The molecule has 1 aliphatic heterocycles. The summed E-state index contributed by atoms with van der Waals surface area (Å²) in [6.07, 6.45) is 5.18. The van der Waals surface area contributed by atoms with Crippen LogP contribution in [0.3, 0.4) is 0 Å². The van der Waals surface area contributed by atoms with Gasteiger partial charge in [-0.2, -0.15) is 5.10 Å². The van der Waals surface area contributed by atoms with E-state index in [2.05, 4.69) is 55.0 Å². The van der Waals surface area contributed by atoms with E-state index in [1.54, 1.807) is 11.3 Å². The van der Waals surface area contributed by atoms with Crippen LogP contribution in [0.4, 0.5) is 5.82 Å². The minimum absolute atomic E-state index is 0.137. The Labute approximate surface area is 179 Å². The summed E-state index contributed by atoms with van der Waals surface area (Å²) in [5, 5.41) is 14.1. The Kier molecular flexibility index (Phi) is 5.27. The molecule has 4 aromatic rings. The first-order valence-corrected chi connectivity index (χ1v) is 11.3. The van der Waals surface area contributed by atoms with Gasteiger partial charge in [0.15, 0.2) is 5.82 Å². The maximum atomic E-state index is 12.5. The Morgan fingerprint density at radius 1 is 1.20 bits per heavy atom. The topological polar surface area (TPSA) is 76.8 Å². The second-order valence-electron chi connectivity index (χ2n) is 7.81. The van der Waals surface area contributed by atoms with Crippen LogP contribution >= 0.6 is 11.3 Å². The maximum Gasteiger partial charge on any atom is 0.220 e. The van der Waals surface area contributed by atoms with Crippen molar-refractivity contribution in [2.45, 2.75) is 31.7 Å². The fourth-order valence-corrected chi connectivity index (χ4v) is 4.86. The predicted octanol–water partition coefficient (Wildman–Crippen LogP) is 4.34. The van der Waals surface area contributed by atoms with E-state index in [1.165, 1.54) is 15.8 Å². The number of amides is 1. The first-order valence-electron chi connectivity index (χ1n) is 10.4. The normalized spacial score (nSPS) is 15.0. The number of nitrogens with zero attached hydrogens (tertiary/aromatic N) is 2. The number of carbonyl (C=O) groups is 1. The van der Waals surface area contributed by atoms with Crippen molar-refractivity contribution in [1.29, 1.82) is 0 Å². The summed E-state index contributed by atoms with van der Waals surface area (Å²) in [6, 6.07) is 14.7. The quantitative estimate of drug-likeness (QED) is 0.435. The number of piperidine rings is 1.